The van der Waals surface area contributed by atoms with E-state index in [1.807, 2.05) is 6.92 Å². The highest BCUT2D eigenvalue weighted by Gasteiger charge is 2.22. The zero-order valence-corrected chi connectivity index (χ0v) is 12.5. The highest BCUT2D eigenvalue weighted by Crippen LogP contribution is 2.31. The number of unbranched alkanes of at least 4 members (excludes halogenated alkanes) is 1. The molecule has 0 fully saturated rings. The lowest BCUT2D eigenvalue weighted by Gasteiger charge is -2.21. The van der Waals surface area contributed by atoms with E-state index in [-0.39, 0.29) is 29.4 Å². The fraction of sp³-hybridized carbons (Fsp3) is 0.462. The van der Waals surface area contributed by atoms with E-state index < -0.39 is 16.5 Å². The number of nitro groups is 1. The fourth-order valence-electron chi connectivity index (χ4n) is 1.85. The fourth-order valence-corrected chi connectivity index (χ4v) is 2.06. The highest BCUT2D eigenvalue weighted by molar-refractivity contribution is 6.34. The van der Waals surface area contributed by atoms with Crippen molar-refractivity contribution >= 4 is 28.9 Å². The van der Waals surface area contributed by atoms with Crippen LogP contribution in [0.4, 0.5) is 11.4 Å². The third kappa shape index (κ3) is 4.30. The summed E-state index contributed by atoms with van der Waals surface area (Å²) >= 11 is 5.84. The summed E-state index contributed by atoms with van der Waals surface area (Å²) in [6.07, 6.45) is 1.66. The molecule has 116 valence electrons. The third-order valence-electron chi connectivity index (χ3n) is 2.99. The SMILES string of the molecule is CCCCN(CCO)C(=O)c1cc(Cl)c(N)c([N+](=O)[O-])c1. The Morgan fingerprint density at radius 3 is 2.67 bits per heavy atom. The van der Waals surface area contributed by atoms with E-state index in [1.165, 1.54) is 11.0 Å². The number of aliphatic hydroxyl groups is 1. The molecule has 0 aliphatic carbocycles. The number of carbonyl (C=O) groups is 1. The number of nitrogens with zero attached hydrogens (tertiary/aromatic N) is 2. The normalized spacial score (nSPS) is 10.4. The molecule has 1 rings (SSSR count). The number of hydrogen-bond acceptors (Lipinski definition) is 5. The first kappa shape index (κ1) is 17.2. The van der Waals surface area contributed by atoms with Crippen LogP contribution in [0.15, 0.2) is 12.1 Å². The van der Waals surface area contributed by atoms with E-state index in [2.05, 4.69) is 0 Å². The van der Waals surface area contributed by atoms with Crippen LogP contribution in [-0.4, -0.2) is 40.5 Å². The van der Waals surface area contributed by atoms with Crippen molar-refractivity contribution in [3.8, 4) is 0 Å². The first-order chi connectivity index (χ1) is 9.92. The molecule has 21 heavy (non-hydrogen) atoms. The first-order valence-corrected chi connectivity index (χ1v) is 6.93. The van der Waals surface area contributed by atoms with Crippen LogP contribution < -0.4 is 5.73 Å². The second-order valence-electron chi connectivity index (χ2n) is 4.52. The van der Waals surface area contributed by atoms with Crippen LogP contribution >= 0.6 is 11.6 Å². The first-order valence-electron chi connectivity index (χ1n) is 6.55. The molecule has 0 bridgehead atoms. The Bertz CT molecular complexity index is 536. The summed E-state index contributed by atoms with van der Waals surface area (Å²) in [6, 6.07) is 2.42. The molecule has 8 heteroatoms. The quantitative estimate of drug-likeness (QED) is 0.454. The molecule has 0 atom stereocenters. The van der Waals surface area contributed by atoms with Crippen LogP contribution in [0, 0.1) is 10.1 Å². The number of nitrogens with two attached hydrogens (primary N) is 1. The summed E-state index contributed by atoms with van der Waals surface area (Å²) in [6.45, 7) is 2.42. The van der Waals surface area contributed by atoms with Gasteiger partial charge >= 0.3 is 0 Å². The molecule has 0 aliphatic rings. The van der Waals surface area contributed by atoms with Gasteiger partial charge in [-0.3, -0.25) is 14.9 Å². The Morgan fingerprint density at radius 1 is 1.48 bits per heavy atom. The predicted molar refractivity (Wildman–Crippen MR) is 80.4 cm³/mol. The van der Waals surface area contributed by atoms with Gasteiger partial charge in [0.2, 0.25) is 0 Å². The van der Waals surface area contributed by atoms with Crippen molar-refractivity contribution in [3.05, 3.63) is 32.8 Å². The molecule has 7 nitrogen and oxygen atoms in total. The van der Waals surface area contributed by atoms with Crippen molar-refractivity contribution < 1.29 is 14.8 Å². The number of nitro benzene ring substituents is 1. The smallest absolute Gasteiger partial charge is 0.294 e. The molecule has 0 aromatic heterocycles. The van der Waals surface area contributed by atoms with Crippen molar-refractivity contribution in [1.82, 2.24) is 4.90 Å². The molecule has 0 spiro atoms. The van der Waals surface area contributed by atoms with Crippen LogP contribution in [0.25, 0.3) is 0 Å². The van der Waals surface area contributed by atoms with Crippen molar-refractivity contribution in [2.24, 2.45) is 0 Å². The minimum absolute atomic E-state index is 0.0352. The number of aliphatic hydroxyl groups excluding tert-OH is 1. The second kappa shape index (κ2) is 7.80. The zero-order valence-electron chi connectivity index (χ0n) is 11.7. The average Bonchev–Trinajstić information content (AvgIpc) is 2.45. The lowest BCUT2D eigenvalue weighted by Crippen LogP contribution is -2.34. The summed E-state index contributed by atoms with van der Waals surface area (Å²) < 4.78 is 0. The summed E-state index contributed by atoms with van der Waals surface area (Å²) in [7, 11) is 0. The monoisotopic (exact) mass is 315 g/mol. The average molecular weight is 316 g/mol. The van der Waals surface area contributed by atoms with E-state index in [1.54, 1.807) is 0 Å². The van der Waals surface area contributed by atoms with Crippen LogP contribution in [0.2, 0.25) is 5.02 Å². The molecule has 0 saturated heterocycles. The molecule has 1 aromatic rings. The zero-order chi connectivity index (χ0) is 16.0. The highest BCUT2D eigenvalue weighted by atomic mass is 35.5. The Kier molecular flexibility index (Phi) is 6.39. The molecular weight excluding hydrogens is 298 g/mol. The molecule has 1 amide bonds. The number of halogens is 1. The summed E-state index contributed by atoms with van der Waals surface area (Å²) in [4.78, 5) is 24.0. The molecule has 0 aliphatic heterocycles. The number of amides is 1. The van der Waals surface area contributed by atoms with Crippen LogP contribution in [0.5, 0.6) is 0 Å². The topological polar surface area (TPSA) is 110 Å². The van der Waals surface area contributed by atoms with Gasteiger partial charge in [-0.05, 0) is 12.5 Å². The maximum Gasteiger partial charge on any atom is 0.294 e. The van der Waals surface area contributed by atoms with Gasteiger partial charge in [0, 0.05) is 24.7 Å². The van der Waals surface area contributed by atoms with Gasteiger partial charge in [0.1, 0.15) is 5.69 Å². The number of anilines is 1. The van der Waals surface area contributed by atoms with Gasteiger partial charge < -0.3 is 15.7 Å². The molecular formula is C13H18ClN3O4. The predicted octanol–water partition coefficient (Wildman–Crippen LogP) is 2.07. The van der Waals surface area contributed by atoms with Crippen molar-refractivity contribution in [2.75, 3.05) is 25.4 Å². The van der Waals surface area contributed by atoms with Gasteiger partial charge in [-0.1, -0.05) is 24.9 Å². The molecule has 0 radical (unpaired) electrons. The Labute approximate surface area is 127 Å². The number of hydrogen-bond donors (Lipinski definition) is 2. The van der Waals surface area contributed by atoms with E-state index in [0.717, 1.165) is 18.9 Å². The standard InChI is InChI=1S/C13H18ClN3O4/c1-2-3-4-16(5-6-18)13(19)9-7-10(14)12(15)11(8-9)17(20)21/h7-8,18H,2-6,15H2,1H3. The van der Waals surface area contributed by atoms with Gasteiger partial charge in [-0.25, -0.2) is 0 Å². The number of rotatable bonds is 7. The molecule has 0 heterocycles. The van der Waals surface area contributed by atoms with Crippen molar-refractivity contribution in [3.63, 3.8) is 0 Å². The largest absolute Gasteiger partial charge is 0.395 e. The maximum atomic E-state index is 12.4. The summed E-state index contributed by atoms with van der Waals surface area (Å²) in [5, 5.41) is 19.9. The van der Waals surface area contributed by atoms with E-state index in [4.69, 9.17) is 22.4 Å². The van der Waals surface area contributed by atoms with E-state index >= 15 is 0 Å². The Morgan fingerprint density at radius 2 is 2.14 bits per heavy atom. The number of nitrogen functional groups attached to an aromatic ring is 1. The van der Waals surface area contributed by atoms with Gasteiger partial charge in [-0.15, -0.1) is 0 Å². The Hall–Kier alpha value is -1.86. The van der Waals surface area contributed by atoms with Crippen LogP contribution in [0.1, 0.15) is 30.1 Å². The lowest BCUT2D eigenvalue weighted by molar-refractivity contribution is -0.383. The Balaban J connectivity index is 3.12. The summed E-state index contributed by atoms with van der Waals surface area (Å²) in [5.41, 5.74) is 5.05. The second-order valence-corrected chi connectivity index (χ2v) is 4.92. The summed E-state index contributed by atoms with van der Waals surface area (Å²) in [5.74, 6) is -0.414. The molecule has 3 N–H and O–H groups in total. The van der Waals surface area contributed by atoms with Crippen molar-refractivity contribution in [2.45, 2.75) is 19.8 Å². The minimum Gasteiger partial charge on any atom is -0.395 e. The van der Waals surface area contributed by atoms with Gasteiger partial charge in [-0.2, -0.15) is 0 Å². The van der Waals surface area contributed by atoms with Gasteiger partial charge in [0.15, 0.2) is 0 Å². The maximum absolute atomic E-state index is 12.4. The molecule has 0 saturated carbocycles. The van der Waals surface area contributed by atoms with Gasteiger partial charge in [0.05, 0.1) is 16.6 Å². The lowest BCUT2D eigenvalue weighted by atomic mass is 10.1. The van der Waals surface area contributed by atoms with Crippen molar-refractivity contribution in [1.29, 1.82) is 0 Å². The molecule has 1 aromatic carbocycles. The number of benzene rings is 1. The number of carbonyl (C=O) groups excluding carboxylic acids is 1. The van der Waals surface area contributed by atoms with E-state index in [0.29, 0.717) is 6.54 Å². The minimum atomic E-state index is -0.680. The van der Waals surface area contributed by atoms with Gasteiger partial charge in [0.25, 0.3) is 11.6 Å². The molecule has 0 unspecified atom stereocenters. The van der Waals surface area contributed by atoms with Crippen LogP contribution in [0.3, 0.4) is 0 Å². The third-order valence-corrected chi connectivity index (χ3v) is 3.30. The van der Waals surface area contributed by atoms with Crippen LogP contribution in [-0.2, 0) is 0 Å². The van der Waals surface area contributed by atoms with E-state index in [9.17, 15) is 14.9 Å².